The van der Waals surface area contributed by atoms with Crippen molar-refractivity contribution in [3.8, 4) is 11.6 Å². The number of nitrogens with zero attached hydrogens (tertiary/aromatic N) is 1. The van der Waals surface area contributed by atoms with Gasteiger partial charge in [0.2, 0.25) is 5.88 Å². The van der Waals surface area contributed by atoms with Crippen LogP contribution in [0.5, 0.6) is 11.6 Å². The maximum absolute atomic E-state index is 5.84. The molecule has 1 aromatic carbocycles. The van der Waals surface area contributed by atoms with E-state index in [1.54, 1.807) is 13.3 Å². The Morgan fingerprint density at radius 2 is 2.10 bits per heavy atom. The zero-order chi connectivity index (χ0) is 14.4. The number of methoxy groups -OCH3 is 1. The lowest BCUT2D eigenvalue weighted by Crippen LogP contribution is -2.14. The molecule has 0 fully saturated rings. The Labute approximate surface area is 119 Å². The number of hydrogen-bond acceptors (Lipinski definition) is 4. The second-order valence-electron chi connectivity index (χ2n) is 4.55. The fourth-order valence-electron chi connectivity index (χ4n) is 1.92. The van der Waals surface area contributed by atoms with E-state index in [1.165, 1.54) is 0 Å². The number of pyridine rings is 1. The van der Waals surface area contributed by atoms with Gasteiger partial charge in [0.1, 0.15) is 12.4 Å². The van der Waals surface area contributed by atoms with Gasteiger partial charge >= 0.3 is 0 Å². The van der Waals surface area contributed by atoms with E-state index in [-0.39, 0.29) is 6.04 Å². The van der Waals surface area contributed by atoms with Gasteiger partial charge in [0, 0.05) is 17.8 Å². The van der Waals surface area contributed by atoms with Gasteiger partial charge in [-0.3, -0.25) is 0 Å². The third-order valence-corrected chi connectivity index (χ3v) is 3.21. The molecule has 0 radical (unpaired) electrons. The molecule has 2 aromatic rings. The molecule has 2 rings (SSSR count). The highest BCUT2D eigenvalue weighted by atomic mass is 16.5. The molecule has 4 heteroatoms. The van der Waals surface area contributed by atoms with Gasteiger partial charge in [-0.15, -0.1) is 0 Å². The lowest BCUT2D eigenvalue weighted by molar-refractivity contribution is 0.287. The van der Waals surface area contributed by atoms with Crippen LogP contribution in [0.3, 0.4) is 0 Å². The number of hydrogen-bond donors (Lipinski definition) is 1. The minimum Gasteiger partial charge on any atom is -0.497 e. The minimum absolute atomic E-state index is 0.198. The van der Waals surface area contributed by atoms with Gasteiger partial charge in [0.15, 0.2) is 0 Å². The summed E-state index contributed by atoms with van der Waals surface area (Å²) >= 11 is 0. The molecule has 1 aromatic heterocycles. The predicted molar refractivity (Wildman–Crippen MR) is 79.0 cm³/mol. The first-order chi connectivity index (χ1) is 9.74. The van der Waals surface area contributed by atoms with Crippen LogP contribution in [-0.2, 0) is 6.61 Å². The fraction of sp³-hybridized carbons (Fsp3) is 0.312. The molecule has 0 amide bonds. The molecule has 0 aliphatic heterocycles. The average Bonchev–Trinajstić information content (AvgIpc) is 2.52. The molecule has 0 bridgehead atoms. The van der Waals surface area contributed by atoms with Crippen molar-refractivity contribution in [2.75, 3.05) is 14.2 Å². The van der Waals surface area contributed by atoms with Gasteiger partial charge in [0.25, 0.3) is 0 Å². The minimum atomic E-state index is 0.198. The second-order valence-corrected chi connectivity index (χ2v) is 4.55. The van der Waals surface area contributed by atoms with Crippen LogP contribution in [0.2, 0.25) is 0 Å². The molecule has 1 unspecified atom stereocenters. The van der Waals surface area contributed by atoms with Crippen LogP contribution < -0.4 is 14.8 Å². The van der Waals surface area contributed by atoms with Crippen LogP contribution in [0.25, 0.3) is 0 Å². The van der Waals surface area contributed by atoms with E-state index in [2.05, 4.69) is 17.2 Å². The Morgan fingerprint density at radius 3 is 2.85 bits per heavy atom. The molecule has 106 valence electrons. The topological polar surface area (TPSA) is 43.4 Å². The Hall–Kier alpha value is -2.07. The third kappa shape index (κ3) is 3.48. The summed E-state index contributed by atoms with van der Waals surface area (Å²) in [5, 5.41) is 3.20. The Morgan fingerprint density at radius 1 is 1.25 bits per heavy atom. The van der Waals surface area contributed by atoms with Crippen molar-refractivity contribution >= 4 is 0 Å². The van der Waals surface area contributed by atoms with Crippen molar-refractivity contribution in [1.29, 1.82) is 0 Å². The summed E-state index contributed by atoms with van der Waals surface area (Å²) in [4.78, 5) is 4.31. The van der Waals surface area contributed by atoms with E-state index >= 15 is 0 Å². The summed E-state index contributed by atoms with van der Waals surface area (Å²) in [6.45, 7) is 2.55. The monoisotopic (exact) mass is 272 g/mol. The largest absolute Gasteiger partial charge is 0.497 e. The second kappa shape index (κ2) is 6.91. The van der Waals surface area contributed by atoms with Crippen LogP contribution in [-0.4, -0.2) is 19.1 Å². The molecular formula is C16H20N2O2. The van der Waals surface area contributed by atoms with Crippen molar-refractivity contribution in [3.05, 3.63) is 53.7 Å². The predicted octanol–water partition coefficient (Wildman–Crippen LogP) is 2.95. The quantitative estimate of drug-likeness (QED) is 0.878. The highest BCUT2D eigenvalue weighted by Crippen LogP contribution is 2.23. The smallest absolute Gasteiger partial charge is 0.218 e. The lowest BCUT2D eigenvalue weighted by Gasteiger charge is -2.15. The molecule has 0 aliphatic carbocycles. The number of benzene rings is 1. The van der Waals surface area contributed by atoms with Crippen LogP contribution in [0.1, 0.15) is 24.1 Å². The summed E-state index contributed by atoms with van der Waals surface area (Å²) in [6, 6.07) is 12.0. The lowest BCUT2D eigenvalue weighted by atomic mass is 10.1. The summed E-state index contributed by atoms with van der Waals surface area (Å²) in [5.74, 6) is 1.49. The highest BCUT2D eigenvalue weighted by Gasteiger charge is 2.10. The molecule has 4 nitrogen and oxygen atoms in total. The van der Waals surface area contributed by atoms with Crippen LogP contribution in [0.4, 0.5) is 0 Å². The van der Waals surface area contributed by atoms with Gasteiger partial charge in [-0.05, 0) is 37.7 Å². The molecule has 1 atom stereocenters. The Balaban J connectivity index is 2.10. The van der Waals surface area contributed by atoms with Gasteiger partial charge in [0.05, 0.1) is 7.11 Å². The first-order valence-electron chi connectivity index (χ1n) is 6.62. The van der Waals surface area contributed by atoms with E-state index in [1.807, 2.05) is 43.4 Å². The van der Waals surface area contributed by atoms with Crippen LogP contribution in [0.15, 0.2) is 42.6 Å². The van der Waals surface area contributed by atoms with Gasteiger partial charge in [-0.1, -0.05) is 18.2 Å². The molecule has 0 spiro atoms. The summed E-state index contributed by atoms with van der Waals surface area (Å²) in [6.07, 6.45) is 1.74. The van der Waals surface area contributed by atoms with Crippen LogP contribution >= 0.6 is 0 Å². The van der Waals surface area contributed by atoms with E-state index in [4.69, 9.17) is 9.47 Å². The van der Waals surface area contributed by atoms with Crippen molar-refractivity contribution in [2.24, 2.45) is 0 Å². The molecule has 0 aliphatic rings. The maximum atomic E-state index is 5.84. The normalized spacial score (nSPS) is 11.9. The summed E-state index contributed by atoms with van der Waals surface area (Å²) in [5.41, 5.74) is 2.11. The first kappa shape index (κ1) is 14.3. The standard InChI is InChI=1S/C16H20N2O2/c1-12(17-2)15-8-5-9-18-16(15)20-11-13-6-4-7-14(10-13)19-3/h4-10,12,17H,11H2,1-3H3. The van der Waals surface area contributed by atoms with Gasteiger partial charge in [-0.2, -0.15) is 0 Å². The fourth-order valence-corrected chi connectivity index (χ4v) is 1.92. The molecule has 0 saturated carbocycles. The SMILES string of the molecule is CNC(C)c1cccnc1OCc1cccc(OC)c1. The number of rotatable bonds is 6. The zero-order valence-corrected chi connectivity index (χ0v) is 12.1. The Bertz CT molecular complexity index is 558. The molecule has 1 N–H and O–H groups in total. The number of ether oxygens (including phenoxy) is 2. The maximum Gasteiger partial charge on any atom is 0.218 e. The zero-order valence-electron chi connectivity index (χ0n) is 12.1. The van der Waals surface area contributed by atoms with Crippen molar-refractivity contribution < 1.29 is 9.47 Å². The van der Waals surface area contributed by atoms with E-state index < -0.39 is 0 Å². The first-order valence-corrected chi connectivity index (χ1v) is 6.62. The van der Waals surface area contributed by atoms with E-state index in [0.29, 0.717) is 12.5 Å². The third-order valence-electron chi connectivity index (χ3n) is 3.21. The van der Waals surface area contributed by atoms with E-state index in [9.17, 15) is 0 Å². The number of nitrogens with one attached hydrogen (secondary N) is 1. The van der Waals surface area contributed by atoms with Crippen molar-refractivity contribution in [2.45, 2.75) is 19.6 Å². The molecule has 0 saturated heterocycles. The van der Waals surface area contributed by atoms with Crippen LogP contribution in [0, 0.1) is 0 Å². The molecule has 1 heterocycles. The van der Waals surface area contributed by atoms with Crippen molar-refractivity contribution in [3.63, 3.8) is 0 Å². The van der Waals surface area contributed by atoms with E-state index in [0.717, 1.165) is 16.9 Å². The van der Waals surface area contributed by atoms with Gasteiger partial charge < -0.3 is 14.8 Å². The summed E-state index contributed by atoms with van der Waals surface area (Å²) < 4.78 is 11.0. The molecule has 20 heavy (non-hydrogen) atoms. The van der Waals surface area contributed by atoms with Crippen molar-refractivity contribution in [1.82, 2.24) is 10.3 Å². The number of aromatic nitrogens is 1. The summed E-state index contributed by atoms with van der Waals surface area (Å²) in [7, 11) is 3.58. The van der Waals surface area contributed by atoms with Gasteiger partial charge in [-0.25, -0.2) is 4.98 Å². The Kier molecular flexibility index (Phi) is 4.96. The highest BCUT2D eigenvalue weighted by molar-refractivity contribution is 5.30. The average molecular weight is 272 g/mol. The molecular weight excluding hydrogens is 252 g/mol.